The van der Waals surface area contributed by atoms with Crippen LogP contribution in [-0.4, -0.2) is 53.1 Å². The van der Waals surface area contributed by atoms with Gasteiger partial charge in [0, 0.05) is 38.8 Å². The van der Waals surface area contributed by atoms with E-state index in [2.05, 4.69) is 4.90 Å². The van der Waals surface area contributed by atoms with E-state index in [1.807, 2.05) is 0 Å². The van der Waals surface area contributed by atoms with E-state index in [1.54, 1.807) is 13.1 Å². The molecule has 1 heterocycles. The summed E-state index contributed by atoms with van der Waals surface area (Å²) in [5.41, 5.74) is 0.177. The minimum Gasteiger partial charge on any atom is -0.388 e. The first-order valence-corrected chi connectivity index (χ1v) is 8.91. The first-order valence-electron chi connectivity index (χ1n) is 8.91. The number of nitro benzene ring substituents is 1. The molecule has 1 aromatic carbocycles. The van der Waals surface area contributed by atoms with Crippen LogP contribution in [0.5, 0.6) is 0 Å². The molecule has 136 valence electrons. The second-order valence-electron chi connectivity index (χ2n) is 7.25. The molecule has 1 N–H and O–H groups in total. The van der Waals surface area contributed by atoms with Crippen LogP contribution in [0, 0.1) is 10.1 Å². The highest BCUT2D eigenvalue weighted by atomic mass is 16.6. The summed E-state index contributed by atoms with van der Waals surface area (Å²) in [6, 6.07) is 4.49. The molecule has 1 aromatic rings. The summed E-state index contributed by atoms with van der Waals surface area (Å²) in [6.07, 6.45) is 5.43. The van der Waals surface area contributed by atoms with Crippen molar-refractivity contribution in [3.63, 3.8) is 0 Å². The highest BCUT2D eigenvalue weighted by Gasteiger charge is 2.34. The van der Waals surface area contributed by atoms with Crippen molar-refractivity contribution < 1.29 is 14.8 Å². The van der Waals surface area contributed by atoms with Crippen molar-refractivity contribution in [2.45, 2.75) is 44.1 Å². The molecule has 0 atom stereocenters. The van der Waals surface area contributed by atoms with Gasteiger partial charge in [-0.25, -0.2) is 0 Å². The summed E-state index contributed by atoms with van der Waals surface area (Å²) in [5, 5.41) is 21.7. The van der Waals surface area contributed by atoms with Gasteiger partial charge in [0.15, 0.2) is 0 Å². The van der Waals surface area contributed by atoms with Crippen molar-refractivity contribution in [2.75, 3.05) is 31.6 Å². The van der Waals surface area contributed by atoms with E-state index in [9.17, 15) is 20.0 Å². The standard InChI is InChI=1S/C18H25N3O4/c1-19(13-18(23)8-2-3-9-18)17(22)15-12-14(21(24)25)6-7-16(15)20-10-4-5-11-20/h6-7,12,23H,2-5,8-11,13H2,1H3. The lowest BCUT2D eigenvalue weighted by molar-refractivity contribution is -0.384. The first-order chi connectivity index (χ1) is 11.9. The fourth-order valence-corrected chi connectivity index (χ4v) is 3.95. The third-order valence-electron chi connectivity index (χ3n) is 5.28. The lowest BCUT2D eigenvalue weighted by Crippen LogP contribution is -2.42. The van der Waals surface area contributed by atoms with Gasteiger partial charge in [0.05, 0.1) is 21.8 Å². The van der Waals surface area contributed by atoms with Crippen molar-refractivity contribution in [1.29, 1.82) is 0 Å². The van der Waals surface area contributed by atoms with Gasteiger partial charge >= 0.3 is 0 Å². The molecule has 0 radical (unpaired) electrons. The molecule has 0 unspecified atom stereocenters. The number of rotatable bonds is 5. The summed E-state index contributed by atoms with van der Waals surface area (Å²) in [7, 11) is 1.66. The predicted molar refractivity (Wildman–Crippen MR) is 94.9 cm³/mol. The van der Waals surface area contributed by atoms with Crippen molar-refractivity contribution in [1.82, 2.24) is 4.90 Å². The highest BCUT2D eigenvalue weighted by Crippen LogP contribution is 2.32. The topological polar surface area (TPSA) is 86.9 Å². The van der Waals surface area contributed by atoms with E-state index in [4.69, 9.17) is 0 Å². The van der Waals surface area contributed by atoms with Crippen LogP contribution in [0.2, 0.25) is 0 Å². The van der Waals surface area contributed by atoms with E-state index < -0.39 is 10.5 Å². The first kappa shape index (κ1) is 17.7. The zero-order valence-electron chi connectivity index (χ0n) is 14.6. The van der Waals surface area contributed by atoms with E-state index in [1.165, 1.54) is 17.0 Å². The third kappa shape index (κ3) is 3.76. The number of hydrogen-bond acceptors (Lipinski definition) is 5. The van der Waals surface area contributed by atoms with Gasteiger partial charge in [0.25, 0.3) is 11.6 Å². The minimum atomic E-state index is -0.834. The number of nitrogens with zero attached hydrogens (tertiary/aromatic N) is 3. The summed E-state index contributed by atoms with van der Waals surface area (Å²) in [4.78, 5) is 27.3. The molecular formula is C18H25N3O4. The van der Waals surface area contributed by atoms with Crippen molar-refractivity contribution >= 4 is 17.3 Å². The molecule has 25 heavy (non-hydrogen) atoms. The average Bonchev–Trinajstić information content (AvgIpc) is 3.25. The molecule has 0 bridgehead atoms. The number of anilines is 1. The molecule has 7 heteroatoms. The molecule has 1 aliphatic carbocycles. The Balaban J connectivity index is 1.88. The van der Waals surface area contributed by atoms with Gasteiger partial charge < -0.3 is 14.9 Å². The van der Waals surface area contributed by atoms with Crippen molar-refractivity contribution in [2.24, 2.45) is 0 Å². The van der Waals surface area contributed by atoms with Gasteiger partial charge in [-0.2, -0.15) is 0 Å². The number of non-ortho nitro benzene ring substituents is 1. The van der Waals surface area contributed by atoms with Gasteiger partial charge in [0.2, 0.25) is 0 Å². The highest BCUT2D eigenvalue weighted by molar-refractivity contribution is 6.00. The van der Waals surface area contributed by atoms with Crippen LogP contribution in [0.3, 0.4) is 0 Å². The molecule has 1 amide bonds. The van der Waals surface area contributed by atoms with Gasteiger partial charge in [-0.1, -0.05) is 12.8 Å². The predicted octanol–water partition coefficient (Wildman–Crippen LogP) is 2.57. The van der Waals surface area contributed by atoms with E-state index in [0.717, 1.165) is 44.5 Å². The fraction of sp³-hybridized carbons (Fsp3) is 0.611. The number of hydrogen-bond donors (Lipinski definition) is 1. The van der Waals surface area contributed by atoms with Crippen LogP contribution in [0.1, 0.15) is 48.9 Å². The smallest absolute Gasteiger partial charge is 0.270 e. The number of aliphatic hydroxyl groups is 1. The summed E-state index contributed by atoms with van der Waals surface area (Å²) in [5.74, 6) is -0.272. The van der Waals surface area contributed by atoms with Crippen LogP contribution >= 0.6 is 0 Å². The van der Waals surface area contributed by atoms with Crippen molar-refractivity contribution in [3.8, 4) is 0 Å². The Kier molecular flexibility index (Phi) is 4.94. The molecule has 1 aliphatic heterocycles. The third-order valence-corrected chi connectivity index (χ3v) is 5.28. The summed E-state index contributed by atoms with van der Waals surface area (Å²) < 4.78 is 0. The van der Waals surface area contributed by atoms with E-state index in [-0.39, 0.29) is 18.1 Å². The quantitative estimate of drug-likeness (QED) is 0.653. The number of amides is 1. The molecule has 2 fully saturated rings. The van der Waals surface area contributed by atoms with Crippen molar-refractivity contribution in [3.05, 3.63) is 33.9 Å². The number of likely N-dealkylation sites (N-methyl/N-ethyl adjacent to an activating group) is 1. The number of carbonyl (C=O) groups excluding carboxylic acids is 1. The Bertz CT molecular complexity index is 664. The molecule has 7 nitrogen and oxygen atoms in total. The Morgan fingerprint density at radius 3 is 2.52 bits per heavy atom. The number of benzene rings is 1. The Morgan fingerprint density at radius 1 is 1.28 bits per heavy atom. The summed E-state index contributed by atoms with van der Waals surface area (Å²) >= 11 is 0. The monoisotopic (exact) mass is 347 g/mol. The lowest BCUT2D eigenvalue weighted by atomic mass is 10.0. The van der Waals surface area contributed by atoms with Crippen LogP contribution in [0.4, 0.5) is 11.4 Å². The molecule has 1 saturated carbocycles. The number of nitro groups is 1. The van der Waals surface area contributed by atoms with Crippen LogP contribution in [0.25, 0.3) is 0 Å². The largest absolute Gasteiger partial charge is 0.388 e. The molecule has 2 aliphatic rings. The number of carbonyl (C=O) groups is 1. The van der Waals surface area contributed by atoms with Gasteiger partial charge in [0.1, 0.15) is 0 Å². The minimum absolute atomic E-state index is 0.0840. The fourth-order valence-electron chi connectivity index (χ4n) is 3.95. The maximum absolute atomic E-state index is 13.0. The SMILES string of the molecule is CN(CC1(O)CCCC1)C(=O)c1cc([N+](=O)[O-])ccc1N1CCCC1. The second kappa shape index (κ2) is 7.00. The normalized spacial score (nSPS) is 19.2. The Hall–Kier alpha value is -2.15. The van der Waals surface area contributed by atoms with E-state index >= 15 is 0 Å². The molecule has 0 spiro atoms. The molecule has 0 aromatic heterocycles. The Labute approximate surface area is 147 Å². The maximum atomic E-state index is 13.0. The lowest BCUT2D eigenvalue weighted by Gasteiger charge is -2.30. The second-order valence-corrected chi connectivity index (χ2v) is 7.25. The van der Waals surface area contributed by atoms with Gasteiger partial charge in [-0.3, -0.25) is 14.9 Å². The van der Waals surface area contributed by atoms with Crippen LogP contribution in [-0.2, 0) is 0 Å². The van der Waals surface area contributed by atoms with Gasteiger partial charge in [-0.15, -0.1) is 0 Å². The van der Waals surface area contributed by atoms with E-state index in [0.29, 0.717) is 18.4 Å². The average molecular weight is 347 g/mol. The molecule has 1 saturated heterocycles. The van der Waals surface area contributed by atoms with Crippen LogP contribution in [0.15, 0.2) is 18.2 Å². The Morgan fingerprint density at radius 2 is 1.92 bits per heavy atom. The molecular weight excluding hydrogens is 322 g/mol. The zero-order valence-corrected chi connectivity index (χ0v) is 14.6. The van der Waals surface area contributed by atoms with Gasteiger partial charge in [-0.05, 0) is 31.7 Å². The zero-order chi connectivity index (χ0) is 18.0. The van der Waals surface area contributed by atoms with Crippen LogP contribution < -0.4 is 4.90 Å². The summed E-state index contributed by atoms with van der Waals surface area (Å²) in [6.45, 7) is 1.96. The molecule has 3 rings (SSSR count). The maximum Gasteiger partial charge on any atom is 0.270 e.